The second kappa shape index (κ2) is 3.77. The Balaban J connectivity index is 3.42. The molecule has 0 saturated heterocycles. The second-order valence-electron chi connectivity index (χ2n) is 2.08. The molecule has 0 fully saturated rings. The molecule has 0 bridgehead atoms. The highest BCUT2D eigenvalue weighted by Gasteiger charge is 2.14. The van der Waals surface area contributed by atoms with Crippen LogP contribution >= 0.6 is 34.8 Å². The van der Waals surface area contributed by atoms with Crippen LogP contribution in [0.4, 0.5) is 8.78 Å². The van der Waals surface area contributed by atoms with Gasteiger partial charge in [-0.15, -0.1) is 11.6 Å². The molecule has 5 heteroatoms. The van der Waals surface area contributed by atoms with E-state index in [4.69, 9.17) is 34.8 Å². The molecule has 1 aromatic rings. The molecule has 0 atom stereocenters. The molecule has 0 aromatic heterocycles. The lowest BCUT2D eigenvalue weighted by Gasteiger charge is -2.04. The fraction of sp³-hybridized carbons (Fsp3) is 0.143. The van der Waals surface area contributed by atoms with E-state index >= 15 is 0 Å². The monoisotopic (exact) mass is 230 g/mol. The summed E-state index contributed by atoms with van der Waals surface area (Å²) in [5.41, 5.74) is 0.0810. The van der Waals surface area contributed by atoms with Gasteiger partial charge < -0.3 is 0 Å². The zero-order chi connectivity index (χ0) is 9.30. The summed E-state index contributed by atoms with van der Waals surface area (Å²) in [5, 5.41) is -0.451. The quantitative estimate of drug-likeness (QED) is 0.506. The van der Waals surface area contributed by atoms with Gasteiger partial charge in [-0.2, -0.15) is 0 Å². The fourth-order valence-electron chi connectivity index (χ4n) is 0.740. The van der Waals surface area contributed by atoms with Crippen LogP contribution in [-0.4, -0.2) is 0 Å². The lowest BCUT2D eigenvalue weighted by atomic mass is 10.2. The van der Waals surface area contributed by atoms with Crippen LogP contribution in [0.1, 0.15) is 5.56 Å². The summed E-state index contributed by atoms with van der Waals surface area (Å²) >= 11 is 16.3. The third kappa shape index (κ3) is 1.65. The standard InChI is InChI=1S/C7H3Cl3F2/c8-2-3-6(9)4(11)1-5(12)7(3)10/h1H,2H2. The maximum Gasteiger partial charge on any atom is 0.145 e. The molecule has 12 heavy (non-hydrogen) atoms. The summed E-state index contributed by atoms with van der Waals surface area (Å²) in [4.78, 5) is 0. The van der Waals surface area contributed by atoms with Crippen LogP contribution in [0.3, 0.4) is 0 Å². The Kier molecular flexibility index (Phi) is 3.16. The van der Waals surface area contributed by atoms with Crippen LogP contribution in [0.25, 0.3) is 0 Å². The minimum absolute atomic E-state index is 0.0810. The maximum atomic E-state index is 12.7. The number of benzene rings is 1. The molecule has 0 aliphatic carbocycles. The molecule has 1 rings (SSSR count). The van der Waals surface area contributed by atoms with Crippen LogP contribution < -0.4 is 0 Å². The van der Waals surface area contributed by atoms with Crippen molar-refractivity contribution in [3.8, 4) is 0 Å². The van der Waals surface area contributed by atoms with E-state index in [-0.39, 0.29) is 21.5 Å². The SMILES string of the molecule is Fc1cc(F)c(Cl)c(CCl)c1Cl. The van der Waals surface area contributed by atoms with Gasteiger partial charge in [0.15, 0.2) is 0 Å². The molecule has 66 valence electrons. The van der Waals surface area contributed by atoms with E-state index < -0.39 is 11.6 Å². The molecular weight excluding hydrogens is 228 g/mol. The third-order valence-corrected chi connectivity index (χ3v) is 2.42. The smallest absolute Gasteiger partial charge is 0.145 e. The minimum atomic E-state index is -0.853. The first kappa shape index (κ1) is 10.0. The fourth-order valence-corrected chi connectivity index (χ4v) is 1.62. The summed E-state index contributed by atoms with van der Waals surface area (Å²) in [6, 6.07) is 0.626. The predicted molar refractivity (Wildman–Crippen MR) is 45.9 cm³/mol. The van der Waals surface area contributed by atoms with Gasteiger partial charge in [0.2, 0.25) is 0 Å². The molecule has 0 unspecified atom stereocenters. The molecule has 0 radical (unpaired) electrons. The van der Waals surface area contributed by atoms with Crippen molar-refractivity contribution in [2.45, 2.75) is 5.88 Å². The molecule has 0 saturated carbocycles. The molecule has 0 aliphatic heterocycles. The van der Waals surface area contributed by atoms with E-state index in [0.717, 1.165) is 0 Å². The Bertz CT molecular complexity index is 286. The van der Waals surface area contributed by atoms with E-state index in [1.165, 1.54) is 0 Å². The van der Waals surface area contributed by atoms with Crippen molar-refractivity contribution in [3.05, 3.63) is 33.3 Å². The Hall–Kier alpha value is -0.0500. The lowest BCUT2D eigenvalue weighted by molar-refractivity contribution is 0.581. The van der Waals surface area contributed by atoms with Crippen molar-refractivity contribution >= 4 is 34.8 Å². The van der Waals surface area contributed by atoms with Gasteiger partial charge in [-0.3, -0.25) is 0 Å². The number of hydrogen-bond donors (Lipinski definition) is 0. The topological polar surface area (TPSA) is 0 Å². The normalized spacial score (nSPS) is 10.4. The molecule has 0 amide bonds. The average Bonchev–Trinajstić information content (AvgIpc) is 2.02. The summed E-state index contributed by atoms with van der Waals surface area (Å²) in [6.07, 6.45) is 0. The number of alkyl halides is 1. The molecule has 0 aliphatic rings. The van der Waals surface area contributed by atoms with Crippen LogP contribution in [0.15, 0.2) is 6.07 Å². The Labute approximate surface area is 83.0 Å². The molecule has 0 nitrogen and oxygen atoms in total. The van der Waals surface area contributed by atoms with Crippen molar-refractivity contribution in [1.29, 1.82) is 0 Å². The van der Waals surface area contributed by atoms with Crippen molar-refractivity contribution in [1.82, 2.24) is 0 Å². The van der Waals surface area contributed by atoms with Crippen LogP contribution in [-0.2, 0) is 5.88 Å². The first-order chi connectivity index (χ1) is 5.57. The van der Waals surface area contributed by atoms with Crippen molar-refractivity contribution in [3.63, 3.8) is 0 Å². The molecule has 0 heterocycles. The highest BCUT2D eigenvalue weighted by molar-refractivity contribution is 6.37. The van der Waals surface area contributed by atoms with E-state index in [1.54, 1.807) is 0 Å². The van der Waals surface area contributed by atoms with Gasteiger partial charge in [-0.25, -0.2) is 8.78 Å². The van der Waals surface area contributed by atoms with Crippen LogP contribution in [0, 0.1) is 11.6 Å². The predicted octanol–water partition coefficient (Wildman–Crippen LogP) is 4.01. The van der Waals surface area contributed by atoms with Crippen molar-refractivity contribution in [2.24, 2.45) is 0 Å². The van der Waals surface area contributed by atoms with E-state index in [9.17, 15) is 8.78 Å². The minimum Gasteiger partial charge on any atom is -0.205 e. The molecule has 0 N–H and O–H groups in total. The van der Waals surface area contributed by atoms with Gasteiger partial charge in [-0.05, 0) is 0 Å². The largest absolute Gasteiger partial charge is 0.205 e. The number of hydrogen-bond acceptors (Lipinski definition) is 0. The third-order valence-electron chi connectivity index (χ3n) is 1.34. The Morgan fingerprint density at radius 1 is 1.08 bits per heavy atom. The Morgan fingerprint density at radius 3 is 1.83 bits per heavy atom. The van der Waals surface area contributed by atoms with Crippen molar-refractivity contribution < 1.29 is 8.78 Å². The van der Waals surface area contributed by atoms with Gasteiger partial charge in [0.25, 0.3) is 0 Å². The van der Waals surface area contributed by atoms with Gasteiger partial charge in [0.1, 0.15) is 11.6 Å². The van der Waals surface area contributed by atoms with Gasteiger partial charge >= 0.3 is 0 Å². The van der Waals surface area contributed by atoms with Crippen LogP contribution in [0.2, 0.25) is 10.0 Å². The second-order valence-corrected chi connectivity index (χ2v) is 3.10. The van der Waals surface area contributed by atoms with Crippen molar-refractivity contribution in [2.75, 3.05) is 0 Å². The van der Waals surface area contributed by atoms with E-state index in [2.05, 4.69) is 0 Å². The maximum absolute atomic E-state index is 12.7. The number of rotatable bonds is 1. The number of halogens is 5. The molecule has 0 spiro atoms. The summed E-state index contributed by atoms with van der Waals surface area (Å²) in [6.45, 7) is 0. The van der Waals surface area contributed by atoms with E-state index in [1.807, 2.05) is 0 Å². The van der Waals surface area contributed by atoms with Gasteiger partial charge in [0, 0.05) is 11.6 Å². The summed E-state index contributed by atoms with van der Waals surface area (Å²) < 4.78 is 25.4. The van der Waals surface area contributed by atoms with Crippen LogP contribution in [0.5, 0.6) is 0 Å². The zero-order valence-electron chi connectivity index (χ0n) is 5.67. The average molecular weight is 231 g/mol. The summed E-state index contributed by atoms with van der Waals surface area (Å²) in [5.74, 6) is -1.82. The summed E-state index contributed by atoms with van der Waals surface area (Å²) in [7, 11) is 0. The highest BCUT2D eigenvalue weighted by Crippen LogP contribution is 2.30. The lowest BCUT2D eigenvalue weighted by Crippen LogP contribution is -1.91. The van der Waals surface area contributed by atoms with E-state index in [0.29, 0.717) is 6.07 Å². The molecular formula is C7H3Cl3F2. The van der Waals surface area contributed by atoms with Gasteiger partial charge in [0.05, 0.1) is 15.9 Å². The zero-order valence-corrected chi connectivity index (χ0v) is 7.94. The first-order valence-corrected chi connectivity index (χ1v) is 4.24. The molecule has 1 aromatic carbocycles. The Morgan fingerprint density at radius 2 is 1.50 bits per heavy atom. The highest BCUT2D eigenvalue weighted by atomic mass is 35.5. The van der Waals surface area contributed by atoms with Gasteiger partial charge in [-0.1, -0.05) is 23.2 Å². The first-order valence-electron chi connectivity index (χ1n) is 2.95.